The van der Waals surface area contributed by atoms with Gasteiger partial charge in [0.2, 0.25) is 0 Å². The minimum Gasteiger partial charge on any atom is -0.361 e. The molecule has 1 fully saturated rings. The first-order valence-corrected chi connectivity index (χ1v) is 10.6. The Morgan fingerprint density at radius 1 is 1.07 bits per heavy atom. The molecule has 0 bridgehead atoms. The maximum atomic E-state index is 13.1. The van der Waals surface area contributed by atoms with Crippen molar-refractivity contribution in [1.29, 1.82) is 0 Å². The van der Waals surface area contributed by atoms with E-state index in [-0.39, 0.29) is 5.91 Å². The lowest BCUT2D eigenvalue weighted by Crippen LogP contribution is -2.38. The number of aromatic amines is 1. The first-order valence-electron chi connectivity index (χ1n) is 9.74. The molecular weight excluding hydrogens is 352 g/mol. The molecule has 3 aromatic rings. The lowest BCUT2D eigenvalue weighted by molar-refractivity contribution is 0.0710. The van der Waals surface area contributed by atoms with Crippen LogP contribution in [0.4, 0.5) is 0 Å². The van der Waals surface area contributed by atoms with Gasteiger partial charge in [0.15, 0.2) is 0 Å². The Hall–Kier alpha value is -2.20. The molecule has 1 aliphatic rings. The number of nitrogens with zero attached hydrogens (tertiary/aromatic N) is 1. The number of hydrogen-bond donors (Lipinski definition) is 1. The molecule has 3 nitrogen and oxygen atoms in total. The Morgan fingerprint density at radius 3 is 2.56 bits per heavy atom. The Kier molecular flexibility index (Phi) is 5.26. The molecule has 2 aromatic carbocycles. The van der Waals surface area contributed by atoms with Gasteiger partial charge in [0.05, 0.1) is 5.56 Å². The number of fused-ring (bicyclic) bond motifs is 1. The molecule has 0 atom stereocenters. The summed E-state index contributed by atoms with van der Waals surface area (Å²) in [6.45, 7) is 5.98. The first-order chi connectivity index (χ1) is 13.1. The third-order valence-electron chi connectivity index (χ3n) is 5.32. The van der Waals surface area contributed by atoms with E-state index in [4.69, 9.17) is 0 Å². The van der Waals surface area contributed by atoms with Crippen molar-refractivity contribution in [1.82, 2.24) is 9.88 Å². The van der Waals surface area contributed by atoms with Crippen molar-refractivity contribution in [2.24, 2.45) is 0 Å². The predicted molar refractivity (Wildman–Crippen MR) is 114 cm³/mol. The van der Waals surface area contributed by atoms with Gasteiger partial charge >= 0.3 is 0 Å². The second-order valence-corrected chi connectivity index (χ2v) is 9.14. The van der Waals surface area contributed by atoms with Crippen molar-refractivity contribution >= 4 is 28.6 Å². The number of carbonyl (C=O) groups excluding carboxylic acids is 1. The van der Waals surface area contributed by atoms with Gasteiger partial charge in [-0.1, -0.05) is 44.2 Å². The molecule has 0 aliphatic carbocycles. The van der Waals surface area contributed by atoms with Crippen molar-refractivity contribution in [2.45, 2.75) is 42.8 Å². The zero-order valence-electron chi connectivity index (χ0n) is 15.9. The highest BCUT2D eigenvalue weighted by Gasteiger charge is 2.27. The fourth-order valence-corrected chi connectivity index (χ4v) is 4.94. The third kappa shape index (κ3) is 3.77. The number of para-hydroxylation sites is 1. The smallest absolute Gasteiger partial charge is 0.254 e. The molecular formula is C23H26N2OS. The van der Waals surface area contributed by atoms with Crippen LogP contribution in [0, 0.1) is 0 Å². The summed E-state index contributed by atoms with van der Waals surface area (Å²) in [5.41, 5.74) is 3.45. The number of thioether (sulfide) groups is 1. The molecule has 1 N–H and O–H groups in total. The number of hydrogen-bond acceptors (Lipinski definition) is 2. The van der Waals surface area contributed by atoms with E-state index in [0.717, 1.165) is 36.4 Å². The average Bonchev–Trinajstić information content (AvgIpc) is 3.12. The number of H-pyrrole nitrogens is 1. The number of amides is 1. The summed E-state index contributed by atoms with van der Waals surface area (Å²) in [5.74, 6) is 0.696. The van der Waals surface area contributed by atoms with E-state index in [1.165, 1.54) is 16.5 Å². The van der Waals surface area contributed by atoms with Crippen LogP contribution in [0.2, 0.25) is 0 Å². The van der Waals surface area contributed by atoms with Gasteiger partial charge in [-0.2, -0.15) is 0 Å². The second-order valence-electron chi connectivity index (χ2n) is 7.52. The summed E-state index contributed by atoms with van der Waals surface area (Å²) in [4.78, 5) is 19.6. The first kappa shape index (κ1) is 18.2. The normalized spacial score (nSPS) is 15.6. The number of aromatic nitrogens is 1. The maximum Gasteiger partial charge on any atom is 0.254 e. The molecule has 140 valence electrons. The Balaban J connectivity index is 1.47. The van der Waals surface area contributed by atoms with Gasteiger partial charge in [-0.05, 0) is 42.5 Å². The molecule has 1 saturated heterocycles. The lowest BCUT2D eigenvalue weighted by Gasteiger charge is -2.32. The summed E-state index contributed by atoms with van der Waals surface area (Å²) in [6, 6.07) is 16.5. The molecule has 0 radical (unpaired) electrons. The van der Waals surface area contributed by atoms with E-state index in [2.05, 4.69) is 55.4 Å². The van der Waals surface area contributed by atoms with E-state index < -0.39 is 0 Å². The van der Waals surface area contributed by atoms with Crippen LogP contribution in [0.1, 0.15) is 48.5 Å². The van der Waals surface area contributed by atoms with Crippen molar-refractivity contribution in [3.8, 4) is 0 Å². The number of likely N-dealkylation sites (tertiary alicyclic amines) is 1. The molecule has 0 saturated carbocycles. The number of rotatable bonds is 4. The van der Waals surface area contributed by atoms with Crippen LogP contribution in [-0.2, 0) is 0 Å². The highest BCUT2D eigenvalue weighted by atomic mass is 32.2. The van der Waals surface area contributed by atoms with Crippen LogP contribution in [0.25, 0.3) is 10.9 Å². The lowest BCUT2D eigenvalue weighted by atomic mass is 9.89. The highest BCUT2D eigenvalue weighted by Crippen LogP contribution is 2.34. The standard InChI is InChI=1S/C23H26N2OS/c1-16(2)27-22-10-6-4-8-19(22)23(26)25-13-11-17(12-14-25)20-15-24-21-9-5-3-7-18(20)21/h3-10,15-17,24H,11-14H2,1-2H3. The predicted octanol–water partition coefficient (Wildman–Crippen LogP) is 5.69. The van der Waals surface area contributed by atoms with Gasteiger partial charge in [0.25, 0.3) is 5.91 Å². The fraction of sp³-hybridized carbons (Fsp3) is 0.348. The third-order valence-corrected chi connectivity index (χ3v) is 6.40. The average molecular weight is 379 g/mol. The summed E-state index contributed by atoms with van der Waals surface area (Å²) in [7, 11) is 0. The molecule has 2 heterocycles. The molecule has 0 unspecified atom stereocenters. The van der Waals surface area contributed by atoms with Crippen molar-refractivity contribution < 1.29 is 4.79 Å². The topological polar surface area (TPSA) is 36.1 Å². The van der Waals surface area contributed by atoms with Gasteiger partial charge in [0.1, 0.15) is 0 Å². The highest BCUT2D eigenvalue weighted by molar-refractivity contribution is 8.00. The second kappa shape index (κ2) is 7.81. The largest absolute Gasteiger partial charge is 0.361 e. The van der Waals surface area contributed by atoms with Crippen LogP contribution >= 0.6 is 11.8 Å². The van der Waals surface area contributed by atoms with Gasteiger partial charge < -0.3 is 9.88 Å². The van der Waals surface area contributed by atoms with E-state index in [1.54, 1.807) is 11.8 Å². The van der Waals surface area contributed by atoms with Crippen molar-refractivity contribution in [3.05, 3.63) is 65.9 Å². The molecule has 4 rings (SSSR count). The van der Waals surface area contributed by atoms with Crippen molar-refractivity contribution in [3.63, 3.8) is 0 Å². The van der Waals surface area contributed by atoms with Crippen LogP contribution in [0.15, 0.2) is 59.6 Å². The maximum absolute atomic E-state index is 13.1. The van der Waals surface area contributed by atoms with Crippen LogP contribution < -0.4 is 0 Å². The number of carbonyl (C=O) groups is 1. The zero-order chi connectivity index (χ0) is 18.8. The van der Waals surface area contributed by atoms with E-state index in [1.807, 2.05) is 23.1 Å². The number of piperidine rings is 1. The minimum absolute atomic E-state index is 0.177. The Labute approximate surface area is 165 Å². The monoisotopic (exact) mass is 378 g/mol. The summed E-state index contributed by atoms with van der Waals surface area (Å²) >= 11 is 1.77. The van der Waals surface area contributed by atoms with Crippen LogP contribution in [0.3, 0.4) is 0 Å². The van der Waals surface area contributed by atoms with Gasteiger partial charge in [-0.15, -0.1) is 11.8 Å². The zero-order valence-corrected chi connectivity index (χ0v) is 16.8. The summed E-state index contributed by atoms with van der Waals surface area (Å²) in [5, 5.41) is 1.78. The van der Waals surface area contributed by atoms with Crippen molar-refractivity contribution in [2.75, 3.05) is 13.1 Å². The minimum atomic E-state index is 0.177. The SMILES string of the molecule is CC(C)Sc1ccccc1C(=O)N1CCC(c2c[nH]c3ccccc23)CC1. The Morgan fingerprint density at radius 2 is 1.78 bits per heavy atom. The molecule has 1 aromatic heterocycles. The summed E-state index contributed by atoms with van der Waals surface area (Å²) in [6.07, 6.45) is 4.20. The van der Waals surface area contributed by atoms with Crippen LogP contribution in [-0.4, -0.2) is 34.1 Å². The molecule has 4 heteroatoms. The van der Waals surface area contributed by atoms with Crippen LogP contribution in [0.5, 0.6) is 0 Å². The van der Waals surface area contributed by atoms with Gasteiger partial charge in [-0.3, -0.25) is 4.79 Å². The molecule has 0 spiro atoms. The van der Waals surface area contributed by atoms with E-state index in [0.29, 0.717) is 11.2 Å². The van der Waals surface area contributed by atoms with Gasteiger partial charge in [0, 0.05) is 40.3 Å². The molecule has 1 aliphatic heterocycles. The van der Waals surface area contributed by atoms with Gasteiger partial charge in [-0.25, -0.2) is 0 Å². The fourth-order valence-electron chi connectivity index (χ4n) is 4.00. The molecule has 27 heavy (non-hydrogen) atoms. The van der Waals surface area contributed by atoms with E-state index in [9.17, 15) is 4.79 Å². The van der Waals surface area contributed by atoms with E-state index >= 15 is 0 Å². The Bertz CT molecular complexity index is 938. The number of nitrogens with one attached hydrogen (secondary N) is 1. The summed E-state index contributed by atoms with van der Waals surface area (Å²) < 4.78 is 0. The molecule has 1 amide bonds. The number of benzene rings is 2. The quantitative estimate of drug-likeness (QED) is 0.592.